The maximum absolute atomic E-state index is 11.8. The van der Waals surface area contributed by atoms with E-state index >= 15 is 0 Å². The standard InChI is InChI=1S/C14H18N2O5/c1-4-21-13(19)9(3)15-14(20)16-11-7-5-6-10(8(11)2)12(17)18/h5-7,9H,4H2,1-3H3,(H,17,18)(H2,15,16,20). The molecule has 114 valence electrons. The maximum Gasteiger partial charge on any atom is 0.336 e. The summed E-state index contributed by atoms with van der Waals surface area (Å²) in [5, 5.41) is 13.9. The molecule has 0 saturated heterocycles. The molecule has 7 nitrogen and oxygen atoms in total. The monoisotopic (exact) mass is 294 g/mol. The number of carboxylic acids is 1. The Kier molecular flexibility index (Phi) is 5.71. The first-order chi connectivity index (χ1) is 9.86. The number of amides is 2. The van der Waals surface area contributed by atoms with Crippen LogP contribution in [-0.2, 0) is 9.53 Å². The first-order valence-electron chi connectivity index (χ1n) is 6.43. The predicted octanol–water partition coefficient (Wildman–Crippen LogP) is 1.77. The highest BCUT2D eigenvalue weighted by atomic mass is 16.5. The van der Waals surface area contributed by atoms with E-state index in [1.54, 1.807) is 19.9 Å². The molecule has 1 aromatic carbocycles. The molecule has 1 rings (SSSR count). The number of anilines is 1. The molecule has 0 spiro atoms. The van der Waals surface area contributed by atoms with Crippen molar-refractivity contribution in [2.75, 3.05) is 11.9 Å². The number of urea groups is 1. The van der Waals surface area contributed by atoms with Crippen LogP contribution in [0.4, 0.5) is 10.5 Å². The maximum atomic E-state index is 11.8. The third-order valence-corrected chi connectivity index (χ3v) is 2.80. The van der Waals surface area contributed by atoms with E-state index in [-0.39, 0.29) is 12.2 Å². The van der Waals surface area contributed by atoms with Gasteiger partial charge in [0.05, 0.1) is 12.2 Å². The van der Waals surface area contributed by atoms with Crippen LogP contribution < -0.4 is 10.6 Å². The van der Waals surface area contributed by atoms with Crippen LogP contribution in [0.5, 0.6) is 0 Å². The average Bonchev–Trinajstić information content (AvgIpc) is 2.40. The number of hydrogen-bond donors (Lipinski definition) is 3. The van der Waals surface area contributed by atoms with Crippen LogP contribution in [0.2, 0.25) is 0 Å². The Morgan fingerprint density at radius 1 is 1.33 bits per heavy atom. The Hall–Kier alpha value is -2.57. The molecule has 0 bridgehead atoms. The van der Waals surface area contributed by atoms with Crippen molar-refractivity contribution in [3.05, 3.63) is 29.3 Å². The van der Waals surface area contributed by atoms with Gasteiger partial charge in [-0.25, -0.2) is 14.4 Å². The van der Waals surface area contributed by atoms with Crippen molar-refractivity contribution in [3.63, 3.8) is 0 Å². The fraction of sp³-hybridized carbons (Fsp3) is 0.357. The summed E-state index contributed by atoms with van der Waals surface area (Å²) < 4.78 is 4.77. The largest absolute Gasteiger partial charge is 0.478 e. The van der Waals surface area contributed by atoms with E-state index in [1.807, 2.05) is 0 Å². The lowest BCUT2D eigenvalue weighted by molar-refractivity contribution is -0.144. The SMILES string of the molecule is CCOC(=O)C(C)NC(=O)Nc1cccc(C(=O)O)c1C. The second-order valence-corrected chi connectivity index (χ2v) is 4.36. The fourth-order valence-corrected chi connectivity index (χ4v) is 1.68. The summed E-state index contributed by atoms with van der Waals surface area (Å²) in [7, 11) is 0. The van der Waals surface area contributed by atoms with Crippen LogP contribution in [0.25, 0.3) is 0 Å². The number of rotatable bonds is 5. The van der Waals surface area contributed by atoms with Crippen molar-refractivity contribution in [1.82, 2.24) is 5.32 Å². The summed E-state index contributed by atoms with van der Waals surface area (Å²) in [5.41, 5.74) is 0.902. The number of nitrogens with one attached hydrogen (secondary N) is 2. The zero-order chi connectivity index (χ0) is 16.0. The molecule has 2 amide bonds. The number of carbonyl (C=O) groups excluding carboxylic acids is 2. The number of ether oxygens (including phenoxy) is 1. The minimum absolute atomic E-state index is 0.103. The van der Waals surface area contributed by atoms with Gasteiger partial charge in [0.1, 0.15) is 6.04 Å². The van der Waals surface area contributed by atoms with Crippen LogP contribution in [0, 0.1) is 6.92 Å². The molecule has 21 heavy (non-hydrogen) atoms. The van der Waals surface area contributed by atoms with Gasteiger partial charge in [-0.05, 0) is 38.5 Å². The molecule has 1 unspecified atom stereocenters. The molecule has 0 fully saturated rings. The lowest BCUT2D eigenvalue weighted by Crippen LogP contribution is -2.42. The fourth-order valence-electron chi connectivity index (χ4n) is 1.68. The minimum atomic E-state index is -1.07. The Morgan fingerprint density at radius 3 is 2.57 bits per heavy atom. The summed E-state index contributed by atoms with van der Waals surface area (Å²) >= 11 is 0. The zero-order valence-electron chi connectivity index (χ0n) is 12.1. The van der Waals surface area contributed by atoms with E-state index in [4.69, 9.17) is 9.84 Å². The number of aromatic carboxylic acids is 1. The Balaban J connectivity index is 2.74. The number of hydrogen-bond acceptors (Lipinski definition) is 4. The van der Waals surface area contributed by atoms with Crippen molar-refractivity contribution in [1.29, 1.82) is 0 Å². The number of carbonyl (C=O) groups is 3. The summed E-state index contributed by atoms with van der Waals surface area (Å²) in [6, 6.07) is 3.15. The highest BCUT2D eigenvalue weighted by molar-refractivity contribution is 5.96. The van der Waals surface area contributed by atoms with Gasteiger partial charge in [0.2, 0.25) is 0 Å². The molecule has 0 aromatic heterocycles. The third-order valence-electron chi connectivity index (χ3n) is 2.80. The lowest BCUT2D eigenvalue weighted by Gasteiger charge is -2.15. The van der Waals surface area contributed by atoms with E-state index in [0.717, 1.165) is 0 Å². The van der Waals surface area contributed by atoms with E-state index in [2.05, 4.69) is 10.6 Å². The summed E-state index contributed by atoms with van der Waals surface area (Å²) in [6.45, 7) is 4.99. The second-order valence-electron chi connectivity index (χ2n) is 4.36. The predicted molar refractivity (Wildman–Crippen MR) is 76.4 cm³/mol. The van der Waals surface area contributed by atoms with E-state index in [1.165, 1.54) is 19.1 Å². The topological polar surface area (TPSA) is 105 Å². The first-order valence-corrected chi connectivity index (χ1v) is 6.43. The number of esters is 1. The molecule has 0 heterocycles. The highest BCUT2D eigenvalue weighted by Gasteiger charge is 2.17. The first kappa shape index (κ1) is 16.5. The van der Waals surface area contributed by atoms with Crippen molar-refractivity contribution in [2.24, 2.45) is 0 Å². The Morgan fingerprint density at radius 2 is 2.00 bits per heavy atom. The quantitative estimate of drug-likeness (QED) is 0.718. The van der Waals surface area contributed by atoms with Crippen LogP contribution >= 0.6 is 0 Å². The van der Waals surface area contributed by atoms with Gasteiger partial charge in [-0.3, -0.25) is 0 Å². The molecule has 1 aromatic rings. The van der Waals surface area contributed by atoms with E-state index in [0.29, 0.717) is 11.3 Å². The molecule has 3 N–H and O–H groups in total. The van der Waals surface area contributed by atoms with Gasteiger partial charge in [0, 0.05) is 5.69 Å². The molecule has 0 aliphatic carbocycles. The normalized spacial score (nSPS) is 11.4. The van der Waals surface area contributed by atoms with Crippen molar-refractivity contribution in [2.45, 2.75) is 26.8 Å². The molecule has 1 atom stereocenters. The van der Waals surface area contributed by atoms with Crippen molar-refractivity contribution in [3.8, 4) is 0 Å². The van der Waals surface area contributed by atoms with Crippen molar-refractivity contribution >= 4 is 23.7 Å². The third kappa shape index (κ3) is 4.48. The Labute approximate surface area is 122 Å². The van der Waals surface area contributed by atoms with Gasteiger partial charge in [-0.15, -0.1) is 0 Å². The van der Waals surface area contributed by atoms with Crippen molar-refractivity contribution < 1.29 is 24.2 Å². The van der Waals surface area contributed by atoms with Gasteiger partial charge in [-0.1, -0.05) is 6.07 Å². The summed E-state index contributed by atoms with van der Waals surface area (Å²) in [4.78, 5) is 34.2. The van der Waals surface area contributed by atoms with Gasteiger partial charge in [-0.2, -0.15) is 0 Å². The lowest BCUT2D eigenvalue weighted by atomic mass is 10.1. The molecule has 0 aliphatic rings. The second kappa shape index (κ2) is 7.28. The zero-order valence-corrected chi connectivity index (χ0v) is 12.1. The smallest absolute Gasteiger partial charge is 0.336 e. The number of carboxylic acid groups (broad SMARTS) is 1. The van der Waals surface area contributed by atoms with Gasteiger partial charge >= 0.3 is 18.0 Å². The van der Waals surface area contributed by atoms with Crippen LogP contribution in [0.15, 0.2) is 18.2 Å². The number of benzene rings is 1. The molecular weight excluding hydrogens is 276 g/mol. The van der Waals surface area contributed by atoms with Crippen LogP contribution in [-0.4, -0.2) is 35.7 Å². The van der Waals surface area contributed by atoms with E-state index in [9.17, 15) is 14.4 Å². The average molecular weight is 294 g/mol. The highest BCUT2D eigenvalue weighted by Crippen LogP contribution is 2.18. The summed E-state index contributed by atoms with van der Waals surface area (Å²) in [5.74, 6) is -1.61. The molecule has 0 aliphatic heterocycles. The molecule has 0 saturated carbocycles. The minimum Gasteiger partial charge on any atom is -0.478 e. The molecule has 7 heteroatoms. The Bertz CT molecular complexity index is 556. The summed E-state index contributed by atoms with van der Waals surface area (Å²) in [6.07, 6.45) is 0. The molecular formula is C14H18N2O5. The van der Waals surface area contributed by atoms with Gasteiger partial charge < -0.3 is 20.5 Å². The van der Waals surface area contributed by atoms with Crippen LogP contribution in [0.3, 0.4) is 0 Å². The van der Waals surface area contributed by atoms with Gasteiger partial charge in [0.25, 0.3) is 0 Å². The molecule has 0 radical (unpaired) electrons. The van der Waals surface area contributed by atoms with Crippen LogP contribution in [0.1, 0.15) is 29.8 Å². The van der Waals surface area contributed by atoms with E-state index < -0.39 is 24.0 Å². The van der Waals surface area contributed by atoms with Gasteiger partial charge in [0.15, 0.2) is 0 Å².